The highest BCUT2D eigenvalue weighted by atomic mass is 16.5. The molecule has 100 valence electrons. The average Bonchev–Trinajstić information content (AvgIpc) is 2.90. The summed E-state index contributed by atoms with van der Waals surface area (Å²) in [4.78, 5) is 17.3. The minimum atomic E-state index is -0.275. The van der Waals surface area contributed by atoms with Crippen LogP contribution in [0.25, 0.3) is 10.9 Å². The summed E-state index contributed by atoms with van der Waals surface area (Å²) in [6.45, 7) is 1.42. The van der Waals surface area contributed by atoms with Crippen LogP contribution in [0.15, 0.2) is 30.5 Å². The SMILES string of the molecule is O=C(c1c[nH]c2ccccc12)N1CCOC(CO)C1. The van der Waals surface area contributed by atoms with Gasteiger partial charge in [-0.25, -0.2) is 0 Å². The number of aromatic nitrogens is 1. The fourth-order valence-corrected chi connectivity index (χ4v) is 2.43. The summed E-state index contributed by atoms with van der Waals surface area (Å²) in [6.07, 6.45) is 1.47. The molecular formula is C14H16N2O3. The summed E-state index contributed by atoms with van der Waals surface area (Å²) in [5, 5.41) is 10.1. The molecule has 1 aromatic carbocycles. The lowest BCUT2D eigenvalue weighted by Gasteiger charge is -2.31. The highest BCUT2D eigenvalue weighted by molar-refractivity contribution is 6.06. The predicted octanol–water partition coefficient (Wildman–Crippen LogP) is 1.00. The maximum Gasteiger partial charge on any atom is 0.256 e. The lowest BCUT2D eigenvalue weighted by atomic mass is 10.1. The van der Waals surface area contributed by atoms with Crippen LogP contribution in [0.3, 0.4) is 0 Å². The fraction of sp³-hybridized carbons (Fsp3) is 0.357. The number of para-hydroxylation sites is 1. The highest BCUT2D eigenvalue weighted by Gasteiger charge is 2.25. The number of nitrogens with one attached hydrogen (secondary N) is 1. The number of aliphatic hydroxyl groups excluding tert-OH is 1. The van der Waals surface area contributed by atoms with Crippen molar-refractivity contribution in [3.63, 3.8) is 0 Å². The third kappa shape index (κ3) is 2.22. The number of nitrogens with zero attached hydrogens (tertiary/aromatic N) is 1. The van der Waals surface area contributed by atoms with Gasteiger partial charge in [-0.2, -0.15) is 0 Å². The van der Waals surface area contributed by atoms with Crippen LogP contribution >= 0.6 is 0 Å². The van der Waals surface area contributed by atoms with E-state index in [0.717, 1.165) is 10.9 Å². The van der Waals surface area contributed by atoms with Crippen molar-refractivity contribution < 1.29 is 14.6 Å². The van der Waals surface area contributed by atoms with Crippen molar-refractivity contribution in [2.75, 3.05) is 26.3 Å². The quantitative estimate of drug-likeness (QED) is 0.846. The van der Waals surface area contributed by atoms with E-state index in [2.05, 4.69) is 4.98 Å². The Hall–Kier alpha value is -1.85. The number of fused-ring (bicyclic) bond motifs is 1. The van der Waals surface area contributed by atoms with Crippen LogP contribution in [-0.4, -0.2) is 53.3 Å². The van der Waals surface area contributed by atoms with Gasteiger partial charge in [0, 0.05) is 30.2 Å². The molecule has 1 unspecified atom stereocenters. The van der Waals surface area contributed by atoms with Gasteiger partial charge >= 0.3 is 0 Å². The van der Waals surface area contributed by atoms with Gasteiger partial charge < -0.3 is 19.7 Å². The Labute approximate surface area is 110 Å². The third-order valence-electron chi connectivity index (χ3n) is 3.45. The van der Waals surface area contributed by atoms with Crippen molar-refractivity contribution in [1.82, 2.24) is 9.88 Å². The second kappa shape index (κ2) is 5.03. The number of ether oxygens (including phenoxy) is 1. The molecule has 1 aromatic heterocycles. The first-order valence-electron chi connectivity index (χ1n) is 6.37. The van der Waals surface area contributed by atoms with Crippen molar-refractivity contribution in [3.8, 4) is 0 Å². The number of aliphatic hydroxyl groups is 1. The monoisotopic (exact) mass is 260 g/mol. The van der Waals surface area contributed by atoms with E-state index in [1.165, 1.54) is 0 Å². The highest BCUT2D eigenvalue weighted by Crippen LogP contribution is 2.20. The number of carbonyl (C=O) groups excluding carboxylic acids is 1. The Morgan fingerprint density at radius 1 is 1.47 bits per heavy atom. The number of amides is 1. The lowest BCUT2D eigenvalue weighted by molar-refractivity contribution is -0.0446. The van der Waals surface area contributed by atoms with Crippen molar-refractivity contribution in [2.24, 2.45) is 0 Å². The number of hydrogen-bond donors (Lipinski definition) is 2. The van der Waals surface area contributed by atoms with Crippen molar-refractivity contribution >= 4 is 16.8 Å². The summed E-state index contributed by atoms with van der Waals surface area (Å²) in [5.74, 6) is -0.0146. The average molecular weight is 260 g/mol. The summed E-state index contributed by atoms with van der Waals surface area (Å²) >= 11 is 0. The summed E-state index contributed by atoms with van der Waals surface area (Å²) in [6, 6.07) is 7.73. The van der Waals surface area contributed by atoms with E-state index in [1.807, 2.05) is 24.3 Å². The number of aromatic amines is 1. The van der Waals surface area contributed by atoms with Gasteiger partial charge in [-0.05, 0) is 6.07 Å². The van der Waals surface area contributed by atoms with E-state index in [0.29, 0.717) is 25.3 Å². The minimum Gasteiger partial charge on any atom is -0.394 e. The van der Waals surface area contributed by atoms with E-state index in [1.54, 1.807) is 11.1 Å². The zero-order chi connectivity index (χ0) is 13.2. The molecule has 0 radical (unpaired) electrons. The van der Waals surface area contributed by atoms with Crippen LogP contribution in [0.2, 0.25) is 0 Å². The molecule has 0 bridgehead atoms. The summed E-state index contributed by atoms with van der Waals surface area (Å²) < 4.78 is 5.36. The molecule has 2 heterocycles. The maximum absolute atomic E-state index is 12.5. The predicted molar refractivity (Wildman–Crippen MR) is 71.0 cm³/mol. The fourth-order valence-electron chi connectivity index (χ4n) is 2.43. The molecule has 1 fully saturated rings. The Balaban J connectivity index is 1.87. The number of benzene rings is 1. The van der Waals surface area contributed by atoms with Crippen LogP contribution in [0.4, 0.5) is 0 Å². The second-order valence-corrected chi connectivity index (χ2v) is 4.67. The molecule has 5 heteroatoms. The van der Waals surface area contributed by atoms with Gasteiger partial charge in [0.2, 0.25) is 0 Å². The largest absolute Gasteiger partial charge is 0.394 e. The van der Waals surface area contributed by atoms with Crippen LogP contribution < -0.4 is 0 Å². The molecule has 1 saturated heterocycles. The van der Waals surface area contributed by atoms with Gasteiger partial charge in [0.05, 0.1) is 24.9 Å². The summed E-state index contributed by atoms with van der Waals surface area (Å²) in [5.41, 5.74) is 1.63. The molecule has 2 N–H and O–H groups in total. The van der Waals surface area contributed by atoms with Gasteiger partial charge in [-0.3, -0.25) is 4.79 Å². The molecule has 0 aliphatic carbocycles. The van der Waals surface area contributed by atoms with Crippen LogP contribution in [0, 0.1) is 0 Å². The smallest absolute Gasteiger partial charge is 0.256 e. The minimum absolute atomic E-state index is 0.0146. The van der Waals surface area contributed by atoms with Crippen LogP contribution in [0.1, 0.15) is 10.4 Å². The maximum atomic E-state index is 12.5. The molecule has 3 rings (SSSR count). The molecule has 1 atom stereocenters. The Bertz CT molecular complexity index is 593. The normalized spacial score (nSPS) is 19.8. The molecular weight excluding hydrogens is 244 g/mol. The number of rotatable bonds is 2. The topological polar surface area (TPSA) is 65.6 Å². The molecule has 1 aliphatic heterocycles. The van der Waals surface area contributed by atoms with E-state index >= 15 is 0 Å². The Morgan fingerprint density at radius 2 is 2.32 bits per heavy atom. The summed E-state index contributed by atoms with van der Waals surface area (Å²) in [7, 11) is 0. The van der Waals surface area contributed by atoms with Gasteiger partial charge in [-0.15, -0.1) is 0 Å². The second-order valence-electron chi connectivity index (χ2n) is 4.67. The van der Waals surface area contributed by atoms with Gasteiger partial charge in [-0.1, -0.05) is 18.2 Å². The van der Waals surface area contributed by atoms with Crippen LogP contribution in [0.5, 0.6) is 0 Å². The van der Waals surface area contributed by atoms with Crippen LogP contribution in [-0.2, 0) is 4.74 Å². The molecule has 0 saturated carbocycles. The standard InChI is InChI=1S/C14H16N2O3/c17-9-10-8-16(5-6-19-10)14(18)12-7-15-13-4-2-1-3-11(12)13/h1-4,7,10,15,17H,5-6,8-9H2. The Morgan fingerprint density at radius 3 is 3.16 bits per heavy atom. The van der Waals surface area contributed by atoms with Crippen molar-refractivity contribution in [1.29, 1.82) is 0 Å². The number of morpholine rings is 1. The first-order valence-corrected chi connectivity index (χ1v) is 6.37. The van der Waals surface area contributed by atoms with E-state index in [-0.39, 0.29) is 18.6 Å². The van der Waals surface area contributed by atoms with Gasteiger partial charge in [0.1, 0.15) is 0 Å². The first-order chi connectivity index (χ1) is 9.29. The van der Waals surface area contributed by atoms with Gasteiger partial charge in [0.25, 0.3) is 5.91 Å². The molecule has 1 amide bonds. The molecule has 5 nitrogen and oxygen atoms in total. The first kappa shape index (κ1) is 12.2. The van der Waals surface area contributed by atoms with Crippen molar-refractivity contribution in [2.45, 2.75) is 6.10 Å². The van der Waals surface area contributed by atoms with Gasteiger partial charge in [0.15, 0.2) is 0 Å². The number of hydrogen-bond acceptors (Lipinski definition) is 3. The molecule has 19 heavy (non-hydrogen) atoms. The molecule has 2 aromatic rings. The number of H-pyrrole nitrogens is 1. The zero-order valence-corrected chi connectivity index (χ0v) is 10.5. The Kier molecular flexibility index (Phi) is 3.23. The van der Waals surface area contributed by atoms with Crippen molar-refractivity contribution in [3.05, 3.63) is 36.0 Å². The van der Waals surface area contributed by atoms with E-state index in [4.69, 9.17) is 9.84 Å². The molecule has 1 aliphatic rings. The third-order valence-corrected chi connectivity index (χ3v) is 3.45. The van der Waals surface area contributed by atoms with E-state index in [9.17, 15) is 4.79 Å². The number of carbonyl (C=O) groups is 1. The lowest BCUT2D eigenvalue weighted by Crippen LogP contribution is -2.46. The zero-order valence-electron chi connectivity index (χ0n) is 10.5. The van der Waals surface area contributed by atoms with E-state index < -0.39 is 0 Å². The molecule has 0 spiro atoms.